The number of amides is 3. The van der Waals surface area contributed by atoms with Crippen molar-refractivity contribution in [1.82, 2.24) is 10.2 Å². The Balaban J connectivity index is 1.81. The van der Waals surface area contributed by atoms with E-state index < -0.39 is 22.9 Å². The van der Waals surface area contributed by atoms with Crippen LogP contribution in [0.25, 0.3) is 0 Å². The lowest BCUT2D eigenvalue weighted by Gasteiger charge is -2.44. The molecule has 3 amide bonds. The SMILES string of the molecule is C=CC(C)(C)C1(CC2NC(=O)C3CCCN3C2=O)C(=O)Nc2c1ccc(O)c2CCC(=C)C. The quantitative estimate of drug-likeness (QED) is 0.555. The highest BCUT2D eigenvalue weighted by molar-refractivity contribution is 6.09. The highest BCUT2D eigenvalue weighted by Gasteiger charge is 2.59. The number of anilines is 1. The molecule has 0 spiro atoms. The zero-order chi connectivity index (χ0) is 24.1. The largest absolute Gasteiger partial charge is 0.508 e. The summed E-state index contributed by atoms with van der Waals surface area (Å²) >= 11 is 0. The molecular formula is C26H33N3O4. The minimum Gasteiger partial charge on any atom is -0.508 e. The first-order chi connectivity index (χ1) is 15.5. The molecule has 0 bridgehead atoms. The fourth-order valence-electron chi connectivity index (χ4n) is 5.63. The summed E-state index contributed by atoms with van der Waals surface area (Å²) in [6.07, 6.45) is 4.52. The molecule has 33 heavy (non-hydrogen) atoms. The van der Waals surface area contributed by atoms with E-state index in [0.717, 1.165) is 17.6 Å². The van der Waals surface area contributed by atoms with Crippen LogP contribution in [0.3, 0.4) is 0 Å². The fraction of sp³-hybridized carbons (Fsp3) is 0.500. The Morgan fingerprint density at radius 3 is 2.73 bits per heavy atom. The first-order valence-corrected chi connectivity index (χ1v) is 11.6. The maximum atomic E-state index is 13.8. The molecule has 2 fully saturated rings. The van der Waals surface area contributed by atoms with E-state index in [1.54, 1.807) is 23.1 Å². The summed E-state index contributed by atoms with van der Waals surface area (Å²) < 4.78 is 0. The van der Waals surface area contributed by atoms with E-state index in [0.29, 0.717) is 37.1 Å². The van der Waals surface area contributed by atoms with Crippen molar-refractivity contribution in [2.24, 2.45) is 5.41 Å². The van der Waals surface area contributed by atoms with E-state index in [2.05, 4.69) is 23.8 Å². The number of piperazine rings is 1. The van der Waals surface area contributed by atoms with Gasteiger partial charge in [-0.05, 0) is 50.7 Å². The molecule has 3 atom stereocenters. The minimum absolute atomic E-state index is 0.114. The number of benzene rings is 1. The molecule has 4 rings (SSSR count). The van der Waals surface area contributed by atoms with Gasteiger partial charge in [0.2, 0.25) is 17.7 Å². The zero-order valence-electron chi connectivity index (χ0n) is 19.7. The van der Waals surface area contributed by atoms with Gasteiger partial charge in [0.25, 0.3) is 0 Å². The van der Waals surface area contributed by atoms with Gasteiger partial charge in [-0.25, -0.2) is 0 Å². The van der Waals surface area contributed by atoms with Crippen LogP contribution in [-0.2, 0) is 26.2 Å². The molecule has 7 heteroatoms. The van der Waals surface area contributed by atoms with Crippen molar-refractivity contribution >= 4 is 23.4 Å². The third-order valence-electron chi connectivity index (χ3n) is 7.75. The second-order valence-corrected chi connectivity index (χ2v) is 10.2. The van der Waals surface area contributed by atoms with E-state index in [-0.39, 0.29) is 29.9 Å². The maximum absolute atomic E-state index is 13.8. The Kier molecular flexibility index (Phi) is 5.63. The van der Waals surface area contributed by atoms with Gasteiger partial charge in [-0.3, -0.25) is 14.4 Å². The Bertz CT molecular complexity index is 1060. The van der Waals surface area contributed by atoms with Crippen LogP contribution in [-0.4, -0.2) is 46.4 Å². The molecule has 0 aromatic heterocycles. The molecule has 176 valence electrons. The standard InChI is InChI=1S/C26H33N3O4/c1-6-25(4,5)26(14-18-23(32)29-13-7-8-19(29)22(31)27-18)17-11-12-20(30)16(10-9-15(2)3)21(17)28-24(26)33/h6,11-12,18-19,30H,1-2,7-10,13-14H2,3-5H3,(H,27,31)(H,28,33). The van der Waals surface area contributed by atoms with Crippen molar-refractivity contribution < 1.29 is 19.5 Å². The average molecular weight is 452 g/mol. The van der Waals surface area contributed by atoms with Crippen LogP contribution in [0.4, 0.5) is 5.69 Å². The summed E-state index contributed by atoms with van der Waals surface area (Å²) in [5, 5.41) is 16.5. The zero-order valence-corrected chi connectivity index (χ0v) is 19.7. The van der Waals surface area contributed by atoms with Crippen LogP contribution < -0.4 is 10.6 Å². The number of phenolic OH excluding ortho intramolecular Hbond substituents is 1. The lowest BCUT2D eigenvalue weighted by atomic mass is 9.59. The second kappa shape index (κ2) is 8.04. The lowest BCUT2D eigenvalue weighted by Crippen LogP contribution is -2.63. The fourth-order valence-corrected chi connectivity index (χ4v) is 5.63. The predicted octanol–water partition coefficient (Wildman–Crippen LogP) is 3.18. The molecule has 3 heterocycles. The summed E-state index contributed by atoms with van der Waals surface area (Å²) in [6.45, 7) is 14.3. The number of aromatic hydroxyl groups is 1. The summed E-state index contributed by atoms with van der Waals surface area (Å²) in [7, 11) is 0. The molecule has 3 aliphatic rings. The van der Waals surface area contributed by atoms with Crippen LogP contribution in [0.15, 0.2) is 36.9 Å². The van der Waals surface area contributed by atoms with Crippen molar-refractivity contribution in [3.63, 3.8) is 0 Å². The number of carbonyl (C=O) groups is 3. The van der Waals surface area contributed by atoms with Gasteiger partial charge >= 0.3 is 0 Å². The van der Waals surface area contributed by atoms with Crippen molar-refractivity contribution in [3.8, 4) is 5.75 Å². The number of rotatable bonds is 7. The van der Waals surface area contributed by atoms with Gasteiger partial charge in [-0.15, -0.1) is 13.2 Å². The van der Waals surface area contributed by atoms with E-state index in [1.165, 1.54) is 0 Å². The monoisotopic (exact) mass is 451 g/mol. The third-order valence-corrected chi connectivity index (χ3v) is 7.75. The first-order valence-electron chi connectivity index (χ1n) is 11.6. The summed E-state index contributed by atoms with van der Waals surface area (Å²) in [5.74, 6) is -0.436. The Morgan fingerprint density at radius 2 is 2.06 bits per heavy atom. The molecule has 3 aliphatic heterocycles. The Hall–Kier alpha value is -3.09. The minimum atomic E-state index is -1.14. The molecule has 3 unspecified atom stereocenters. The average Bonchev–Trinajstić information content (AvgIpc) is 3.35. The summed E-state index contributed by atoms with van der Waals surface area (Å²) in [4.78, 5) is 41.5. The molecule has 0 radical (unpaired) electrons. The molecule has 2 saturated heterocycles. The van der Waals surface area contributed by atoms with E-state index in [4.69, 9.17) is 0 Å². The lowest BCUT2D eigenvalue weighted by molar-refractivity contribution is -0.148. The number of phenols is 1. The van der Waals surface area contributed by atoms with Gasteiger partial charge in [0, 0.05) is 17.5 Å². The number of fused-ring (bicyclic) bond motifs is 2. The molecule has 1 aromatic rings. The Morgan fingerprint density at radius 1 is 1.33 bits per heavy atom. The number of allylic oxidation sites excluding steroid dienone is 2. The second-order valence-electron chi connectivity index (χ2n) is 10.2. The van der Waals surface area contributed by atoms with Crippen LogP contribution in [0.5, 0.6) is 5.75 Å². The van der Waals surface area contributed by atoms with Crippen LogP contribution >= 0.6 is 0 Å². The van der Waals surface area contributed by atoms with E-state index in [9.17, 15) is 19.5 Å². The van der Waals surface area contributed by atoms with Crippen molar-refractivity contribution in [2.75, 3.05) is 11.9 Å². The highest BCUT2D eigenvalue weighted by atomic mass is 16.3. The van der Waals surface area contributed by atoms with Crippen LogP contribution in [0.1, 0.15) is 57.6 Å². The topological polar surface area (TPSA) is 98.7 Å². The van der Waals surface area contributed by atoms with Gasteiger partial charge in [-0.2, -0.15) is 0 Å². The maximum Gasteiger partial charge on any atom is 0.245 e. The van der Waals surface area contributed by atoms with Gasteiger partial charge in [0.15, 0.2) is 0 Å². The summed E-state index contributed by atoms with van der Waals surface area (Å²) in [6, 6.07) is 2.15. The summed E-state index contributed by atoms with van der Waals surface area (Å²) in [5.41, 5.74) is 1.06. The van der Waals surface area contributed by atoms with Gasteiger partial charge in [0.1, 0.15) is 17.8 Å². The van der Waals surface area contributed by atoms with Crippen molar-refractivity contribution in [3.05, 3.63) is 48.1 Å². The smallest absolute Gasteiger partial charge is 0.245 e. The molecule has 0 saturated carbocycles. The third kappa shape index (κ3) is 3.45. The molecule has 7 nitrogen and oxygen atoms in total. The van der Waals surface area contributed by atoms with Crippen molar-refractivity contribution in [2.45, 2.75) is 70.4 Å². The van der Waals surface area contributed by atoms with Gasteiger partial charge in [0.05, 0.1) is 11.1 Å². The molecule has 0 aliphatic carbocycles. The number of hydrogen-bond acceptors (Lipinski definition) is 4. The van der Waals surface area contributed by atoms with Crippen molar-refractivity contribution in [1.29, 1.82) is 0 Å². The first kappa shape index (κ1) is 23.1. The van der Waals surface area contributed by atoms with Crippen LogP contribution in [0.2, 0.25) is 0 Å². The van der Waals surface area contributed by atoms with Crippen LogP contribution in [0, 0.1) is 5.41 Å². The Labute approximate surface area is 194 Å². The number of carbonyl (C=O) groups excluding carboxylic acids is 3. The number of nitrogens with one attached hydrogen (secondary N) is 2. The molecule has 1 aromatic carbocycles. The molecule has 3 N–H and O–H groups in total. The normalized spacial score (nSPS) is 26.5. The molecular weight excluding hydrogens is 418 g/mol. The van der Waals surface area contributed by atoms with E-state index in [1.807, 2.05) is 20.8 Å². The number of hydrogen-bond donors (Lipinski definition) is 3. The van der Waals surface area contributed by atoms with Gasteiger partial charge in [-0.1, -0.05) is 31.6 Å². The highest BCUT2D eigenvalue weighted by Crippen LogP contribution is 2.55. The van der Waals surface area contributed by atoms with Gasteiger partial charge < -0.3 is 20.6 Å². The predicted molar refractivity (Wildman–Crippen MR) is 127 cm³/mol. The van der Waals surface area contributed by atoms with E-state index >= 15 is 0 Å². The number of nitrogens with zero attached hydrogens (tertiary/aromatic N) is 1.